The Bertz CT molecular complexity index is 901. The number of hydrogen-bond donors (Lipinski definition) is 2. The number of aromatic nitrogens is 3. The van der Waals surface area contributed by atoms with E-state index in [1.165, 1.54) is 0 Å². The molecule has 0 saturated heterocycles. The van der Waals surface area contributed by atoms with Gasteiger partial charge in [-0.3, -0.25) is 9.56 Å². The van der Waals surface area contributed by atoms with Crippen LogP contribution in [0.1, 0.15) is 17.0 Å². The highest BCUT2D eigenvalue weighted by atomic mass is 16.5. The zero-order valence-corrected chi connectivity index (χ0v) is 15.8. The lowest BCUT2D eigenvalue weighted by Crippen LogP contribution is -2.36. The topological polar surface area (TPSA) is 76.4 Å². The molecule has 0 radical (unpaired) electrons. The van der Waals surface area contributed by atoms with E-state index in [-0.39, 0.29) is 0 Å². The largest absolute Gasteiger partial charge is 0.496 e. The smallest absolute Gasteiger partial charge is 0.191 e. The molecule has 0 aliphatic carbocycles. The molecule has 0 spiro atoms. The van der Waals surface area contributed by atoms with Gasteiger partial charge in [-0.25, -0.2) is 9.97 Å². The SMILES string of the molecule is CN=C(NCc1ccc(-n2ccnc2C)nc1)NCc1ccccc1OC. The van der Waals surface area contributed by atoms with Crippen LogP contribution in [-0.4, -0.2) is 34.7 Å². The molecule has 7 heteroatoms. The standard InChI is InChI=1S/C20H24N6O/c1-15-22-10-11-26(15)19-9-8-16(12-23-19)13-24-20(21-2)25-14-17-6-4-5-7-18(17)27-3/h4-12H,13-14H2,1-3H3,(H2,21,24,25). The van der Waals surface area contributed by atoms with Gasteiger partial charge < -0.3 is 15.4 Å². The van der Waals surface area contributed by atoms with Crippen LogP contribution < -0.4 is 15.4 Å². The highest BCUT2D eigenvalue weighted by molar-refractivity contribution is 5.79. The lowest BCUT2D eigenvalue weighted by Gasteiger charge is -2.14. The van der Waals surface area contributed by atoms with Crippen molar-refractivity contribution >= 4 is 5.96 Å². The fourth-order valence-corrected chi connectivity index (χ4v) is 2.72. The molecule has 0 bridgehead atoms. The summed E-state index contributed by atoms with van der Waals surface area (Å²) in [6.07, 6.45) is 5.53. The van der Waals surface area contributed by atoms with Gasteiger partial charge in [0.1, 0.15) is 17.4 Å². The predicted molar refractivity (Wildman–Crippen MR) is 106 cm³/mol. The molecule has 2 N–H and O–H groups in total. The van der Waals surface area contributed by atoms with Crippen LogP contribution in [0.15, 0.2) is 60.0 Å². The van der Waals surface area contributed by atoms with E-state index in [0.717, 1.165) is 34.5 Å². The molecule has 0 fully saturated rings. The quantitative estimate of drug-likeness (QED) is 0.519. The molecule has 0 aliphatic heterocycles. The maximum absolute atomic E-state index is 5.38. The van der Waals surface area contributed by atoms with Gasteiger partial charge in [0.15, 0.2) is 5.96 Å². The molecular weight excluding hydrogens is 340 g/mol. The van der Waals surface area contributed by atoms with Gasteiger partial charge in [0.2, 0.25) is 0 Å². The number of aryl methyl sites for hydroxylation is 1. The molecule has 2 aromatic heterocycles. The van der Waals surface area contributed by atoms with E-state index in [4.69, 9.17) is 4.74 Å². The number of guanidine groups is 1. The lowest BCUT2D eigenvalue weighted by molar-refractivity contribution is 0.409. The maximum atomic E-state index is 5.38. The molecule has 0 aliphatic rings. The number of aliphatic imine (C=N–C) groups is 1. The Morgan fingerprint density at radius 2 is 1.93 bits per heavy atom. The molecule has 27 heavy (non-hydrogen) atoms. The van der Waals surface area contributed by atoms with Gasteiger partial charge in [-0.15, -0.1) is 0 Å². The Balaban J connectivity index is 1.56. The highest BCUT2D eigenvalue weighted by Crippen LogP contribution is 2.16. The summed E-state index contributed by atoms with van der Waals surface area (Å²) < 4.78 is 7.33. The van der Waals surface area contributed by atoms with Crippen LogP contribution >= 0.6 is 0 Å². The Hall–Kier alpha value is -3.35. The van der Waals surface area contributed by atoms with Crippen LogP contribution in [-0.2, 0) is 13.1 Å². The molecule has 0 atom stereocenters. The normalized spacial score (nSPS) is 11.3. The van der Waals surface area contributed by atoms with Crippen molar-refractivity contribution in [3.8, 4) is 11.6 Å². The number of benzene rings is 1. The summed E-state index contributed by atoms with van der Waals surface area (Å²) in [5, 5.41) is 6.60. The summed E-state index contributed by atoms with van der Waals surface area (Å²) in [5.74, 6) is 3.34. The molecule has 0 saturated carbocycles. The Labute approximate surface area is 159 Å². The molecular formula is C20H24N6O. The summed E-state index contributed by atoms with van der Waals surface area (Å²) in [6, 6.07) is 11.9. The van der Waals surface area contributed by atoms with Gasteiger partial charge >= 0.3 is 0 Å². The van der Waals surface area contributed by atoms with E-state index in [0.29, 0.717) is 13.1 Å². The van der Waals surface area contributed by atoms with Crippen LogP contribution in [0.3, 0.4) is 0 Å². The van der Waals surface area contributed by atoms with Gasteiger partial charge in [-0.1, -0.05) is 24.3 Å². The number of nitrogens with one attached hydrogen (secondary N) is 2. The number of nitrogens with zero attached hydrogens (tertiary/aromatic N) is 4. The maximum Gasteiger partial charge on any atom is 0.191 e. The van der Waals surface area contributed by atoms with Crippen LogP contribution in [0.25, 0.3) is 5.82 Å². The van der Waals surface area contributed by atoms with Crippen molar-refractivity contribution in [1.29, 1.82) is 0 Å². The lowest BCUT2D eigenvalue weighted by atomic mass is 10.2. The minimum Gasteiger partial charge on any atom is -0.496 e. The third-order valence-corrected chi connectivity index (χ3v) is 4.20. The second-order valence-corrected chi connectivity index (χ2v) is 5.96. The second kappa shape index (κ2) is 8.84. The van der Waals surface area contributed by atoms with Crippen molar-refractivity contribution in [2.24, 2.45) is 4.99 Å². The van der Waals surface area contributed by atoms with E-state index in [2.05, 4.69) is 25.6 Å². The fourth-order valence-electron chi connectivity index (χ4n) is 2.72. The van der Waals surface area contributed by atoms with Crippen LogP contribution in [0, 0.1) is 6.92 Å². The first-order valence-corrected chi connectivity index (χ1v) is 8.73. The van der Waals surface area contributed by atoms with Gasteiger partial charge in [0.05, 0.1) is 7.11 Å². The molecule has 7 nitrogen and oxygen atoms in total. The molecule has 3 rings (SSSR count). The predicted octanol–water partition coefficient (Wildman–Crippen LogP) is 2.45. The molecule has 1 aromatic carbocycles. The molecule has 0 amide bonds. The first kappa shape index (κ1) is 18.4. The van der Waals surface area contributed by atoms with Crippen LogP contribution in [0.5, 0.6) is 5.75 Å². The molecule has 3 aromatic rings. The van der Waals surface area contributed by atoms with Crippen molar-refractivity contribution in [2.75, 3.05) is 14.2 Å². The summed E-state index contributed by atoms with van der Waals surface area (Å²) in [4.78, 5) is 13.0. The zero-order valence-electron chi connectivity index (χ0n) is 15.8. The first-order chi connectivity index (χ1) is 13.2. The minimum atomic E-state index is 0.626. The average molecular weight is 364 g/mol. The van der Waals surface area contributed by atoms with E-state index < -0.39 is 0 Å². The number of para-hydroxylation sites is 1. The monoisotopic (exact) mass is 364 g/mol. The summed E-state index contributed by atoms with van der Waals surface area (Å²) in [5.41, 5.74) is 2.14. The van der Waals surface area contributed by atoms with Gasteiger partial charge in [-0.2, -0.15) is 0 Å². The van der Waals surface area contributed by atoms with Gasteiger partial charge in [0.25, 0.3) is 0 Å². The Morgan fingerprint density at radius 3 is 2.59 bits per heavy atom. The third kappa shape index (κ3) is 4.63. The van der Waals surface area contributed by atoms with Gasteiger partial charge in [0, 0.05) is 44.3 Å². The second-order valence-electron chi connectivity index (χ2n) is 5.96. The summed E-state index contributed by atoms with van der Waals surface area (Å²) >= 11 is 0. The van der Waals surface area contributed by atoms with E-state index in [9.17, 15) is 0 Å². The highest BCUT2D eigenvalue weighted by Gasteiger charge is 2.05. The van der Waals surface area contributed by atoms with Crippen molar-refractivity contribution < 1.29 is 4.74 Å². The van der Waals surface area contributed by atoms with E-state index >= 15 is 0 Å². The van der Waals surface area contributed by atoms with Gasteiger partial charge in [-0.05, 0) is 24.6 Å². The molecule has 0 unspecified atom stereocenters. The van der Waals surface area contributed by atoms with Crippen LogP contribution in [0.4, 0.5) is 0 Å². The first-order valence-electron chi connectivity index (χ1n) is 8.73. The Kier molecular flexibility index (Phi) is 6.04. The number of methoxy groups -OCH3 is 1. The van der Waals surface area contributed by atoms with Crippen molar-refractivity contribution in [2.45, 2.75) is 20.0 Å². The number of pyridine rings is 1. The summed E-state index contributed by atoms with van der Waals surface area (Å²) in [6.45, 7) is 3.21. The van der Waals surface area contributed by atoms with Crippen molar-refractivity contribution in [3.05, 3.63) is 71.9 Å². The molecule has 140 valence electrons. The number of rotatable bonds is 6. The number of imidazole rings is 1. The minimum absolute atomic E-state index is 0.626. The van der Waals surface area contributed by atoms with Crippen LogP contribution in [0.2, 0.25) is 0 Å². The fraction of sp³-hybridized carbons (Fsp3) is 0.250. The van der Waals surface area contributed by atoms with Crippen molar-refractivity contribution in [3.63, 3.8) is 0 Å². The van der Waals surface area contributed by atoms with E-state index in [1.807, 2.05) is 60.3 Å². The average Bonchev–Trinajstić information content (AvgIpc) is 3.14. The number of ether oxygens (including phenoxy) is 1. The third-order valence-electron chi connectivity index (χ3n) is 4.20. The molecule has 2 heterocycles. The Morgan fingerprint density at radius 1 is 1.11 bits per heavy atom. The summed E-state index contributed by atoms with van der Waals surface area (Å²) in [7, 11) is 3.43. The van der Waals surface area contributed by atoms with Crippen molar-refractivity contribution in [1.82, 2.24) is 25.2 Å². The van der Waals surface area contributed by atoms with E-state index in [1.54, 1.807) is 20.4 Å². The zero-order chi connectivity index (χ0) is 19.1. The number of hydrogen-bond acceptors (Lipinski definition) is 4.